The lowest BCUT2D eigenvalue weighted by atomic mass is 10.2. The van der Waals surface area contributed by atoms with Gasteiger partial charge in [-0.15, -0.1) is 0 Å². The van der Waals surface area contributed by atoms with Crippen molar-refractivity contribution in [1.29, 1.82) is 0 Å². The molecule has 1 N–H and O–H groups in total. The number of ether oxygens (including phenoxy) is 2. The normalized spacial score (nSPS) is 11.4. The van der Waals surface area contributed by atoms with Gasteiger partial charge in [0.15, 0.2) is 0 Å². The van der Waals surface area contributed by atoms with Crippen molar-refractivity contribution < 1.29 is 13.9 Å². The van der Waals surface area contributed by atoms with E-state index in [-0.39, 0.29) is 0 Å². The summed E-state index contributed by atoms with van der Waals surface area (Å²) in [5.74, 6) is 1.03. The molecule has 0 aliphatic carbocycles. The van der Waals surface area contributed by atoms with E-state index >= 15 is 0 Å². The Morgan fingerprint density at radius 2 is 1.90 bits per heavy atom. The van der Waals surface area contributed by atoms with Crippen LogP contribution in [0.3, 0.4) is 0 Å². The number of rotatable bonds is 12. The van der Waals surface area contributed by atoms with Crippen molar-refractivity contribution in [2.24, 2.45) is 0 Å². The smallest absolute Gasteiger partial charge is 0.122 e. The first-order chi connectivity index (χ1) is 9.81. The summed E-state index contributed by atoms with van der Waals surface area (Å²) in [5, 5.41) is 3.41. The summed E-state index contributed by atoms with van der Waals surface area (Å²) >= 11 is 0. The molecule has 0 amide bonds. The van der Waals surface area contributed by atoms with E-state index in [0.29, 0.717) is 13.2 Å². The molecule has 5 heteroatoms. The summed E-state index contributed by atoms with van der Waals surface area (Å²) < 4.78 is 15.9. The molecule has 0 radical (unpaired) electrons. The second kappa shape index (κ2) is 10.9. The fourth-order valence-electron chi connectivity index (χ4n) is 1.98. The zero-order valence-corrected chi connectivity index (χ0v) is 13.0. The van der Waals surface area contributed by atoms with Crippen molar-refractivity contribution in [3.05, 3.63) is 23.7 Å². The van der Waals surface area contributed by atoms with E-state index in [2.05, 4.69) is 17.1 Å². The molecule has 1 rings (SSSR count). The van der Waals surface area contributed by atoms with Crippen molar-refractivity contribution >= 4 is 0 Å². The number of nitrogens with zero attached hydrogens (tertiary/aromatic N) is 1. The summed E-state index contributed by atoms with van der Waals surface area (Å²) in [6, 6.07) is 2.04. The Balaban J connectivity index is 2.50. The third-order valence-electron chi connectivity index (χ3n) is 3.17. The van der Waals surface area contributed by atoms with Crippen LogP contribution in [0.1, 0.15) is 24.7 Å². The highest BCUT2D eigenvalue weighted by molar-refractivity contribution is 5.16. The highest BCUT2D eigenvalue weighted by Gasteiger charge is 2.12. The molecule has 5 nitrogen and oxygen atoms in total. The Bertz CT molecular complexity index is 334. The van der Waals surface area contributed by atoms with E-state index in [1.807, 2.05) is 6.07 Å². The van der Waals surface area contributed by atoms with Gasteiger partial charge in [-0.1, -0.05) is 6.92 Å². The standard InChI is InChI=1S/C15H28N2O3/c1-4-6-16-12-14-5-9-20-15(14)13-17(7-10-18-2)8-11-19-3/h5,9,16H,4,6-8,10-13H2,1-3H3. The van der Waals surface area contributed by atoms with Crippen LogP contribution < -0.4 is 5.32 Å². The second-order valence-corrected chi connectivity index (χ2v) is 4.81. The molecule has 20 heavy (non-hydrogen) atoms. The molecule has 0 bridgehead atoms. The molecular formula is C15H28N2O3. The molecule has 0 saturated heterocycles. The molecule has 0 aliphatic rings. The maximum atomic E-state index is 5.62. The van der Waals surface area contributed by atoms with Crippen LogP contribution in [0.4, 0.5) is 0 Å². The van der Waals surface area contributed by atoms with E-state index in [4.69, 9.17) is 13.9 Å². The molecule has 116 valence electrons. The molecule has 0 aromatic carbocycles. The number of furan rings is 1. The molecule has 1 heterocycles. The van der Waals surface area contributed by atoms with Crippen LogP contribution in [0, 0.1) is 0 Å². The Hall–Kier alpha value is -0.880. The third kappa shape index (κ3) is 6.52. The Morgan fingerprint density at radius 3 is 2.50 bits per heavy atom. The molecule has 0 spiro atoms. The van der Waals surface area contributed by atoms with Gasteiger partial charge in [0.1, 0.15) is 5.76 Å². The largest absolute Gasteiger partial charge is 0.468 e. The minimum absolute atomic E-state index is 0.716. The topological polar surface area (TPSA) is 46.9 Å². The van der Waals surface area contributed by atoms with Gasteiger partial charge in [-0.05, 0) is 19.0 Å². The zero-order valence-electron chi connectivity index (χ0n) is 13.0. The van der Waals surface area contributed by atoms with Crippen molar-refractivity contribution in [3.63, 3.8) is 0 Å². The van der Waals surface area contributed by atoms with E-state index < -0.39 is 0 Å². The Morgan fingerprint density at radius 1 is 1.20 bits per heavy atom. The van der Waals surface area contributed by atoms with Gasteiger partial charge < -0.3 is 19.2 Å². The van der Waals surface area contributed by atoms with E-state index in [1.165, 1.54) is 5.56 Å². The van der Waals surface area contributed by atoms with Gasteiger partial charge in [0.25, 0.3) is 0 Å². The van der Waals surface area contributed by atoms with Crippen LogP contribution in [-0.2, 0) is 22.6 Å². The minimum Gasteiger partial charge on any atom is -0.468 e. The van der Waals surface area contributed by atoms with Gasteiger partial charge in [-0.2, -0.15) is 0 Å². The van der Waals surface area contributed by atoms with Gasteiger partial charge in [0.2, 0.25) is 0 Å². The monoisotopic (exact) mass is 284 g/mol. The fraction of sp³-hybridized carbons (Fsp3) is 0.733. The van der Waals surface area contributed by atoms with Crippen LogP contribution in [0.2, 0.25) is 0 Å². The van der Waals surface area contributed by atoms with Crippen molar-refractivity contribution in [3.8, 4) is 0 Å². The fourth-order valence-corrected chi connectivity index (χ4v) is 1.98. The molecule has 0 atom stereocenters. The highest BCUT2D eigenvalue weighted by Crippen LogP contribution is 2.13. The van der Waals surface area contributed by atoms with Gasteiger partial charge in [0, 0.05) is 39.4 Å². The number of hydrogen-bond donors (Lipinski definition) is 1. The van der Waals surface area contributed by atoms with Crippen LogP contribution in [0.25, 0.3) is 0 Å². The highest BCUT2D eigenvalue weighted by atomic mass is 16.5. The van der Waals surface area contributed by atoms with Crippen LogP contribution in [0.15, 0.2) is 16.7 Å². The summed E-state index contributed by atoms with van der Waals surface area (Å²) in [5.41, 5.74) is 1.23. The first-order valence-corrected chi connectivity index (χ1v) is 7.28. The number of hydrogen-bond acceptors (Lipinski definition) is 5. The van der Waals surface area contributed by atoms with Crippen molar-refractivity contribution in [2.45, 2.75) is 26.4 Å². The molecular weight excluding hydrogens is 256 g/mol. The van der Waals surface area contributed by atoms with Gasteiger partial charge >= 0.3 is 0 Å². The number of methoxy groups -OCH3 is 2. The maximum Gasteiger partial charge on any atom is 0.122 e. The second-order valence-electron chi connectivity index (χ2n) is 4.81. The predicted molar refractivity (Wildman–Crippen MR) is 79.7 cm³/mol. The zero-order chi connectivity index (χ0) is 14.6. The maximum absolute atomic E-state index is 5.62. The predicted octanol–water partition coefficient (Wildman–Crippen LogP) is 1.87. The third-order valence-corrected chi connectivity index (χ3v) is 3.17. The van der Waals surface area contributed by atoms with Gasteiger partial charge in [-0.25, -0.2) is 0 Å². The molecule has 0 fully saturated rings. The van der Waals surface area contributed by atoms with E-state index in [9.17, 15) is 0 Å². The van der Waals surface area contributed by atoms with Gasteiger partial charge in [0.05, 0.1) is 26.0 Å². The van der Waals surface area contributed by atoms with Crippen LogP contribution >= 0.6 is 0 Å². The molecule has 0 saturated carbocycles. The van der Waals surface area contributed by atoms with E-state index in [0.717, 1.165) is 44.9 Å². The lowest BCUT2D eigenvalue weighted by molar-refractivity contribution is 0.106. The van der Waals surface area contributed by atoms with Crippen LogP contribution in [-0.4, -0.2) is 52.0 Å². The average molecular weight is 284 g/mol. The first-order valence-electron chi connectivity index (χ1n) is 7.28. The van der Waals surface area contributed by atoms with Crippen molar-refractivity contribution in [1.82, 2.24) is 10.2 Å². The minimum atomic E-state index is 0.716. The summed E-state index contributed by atoms with van der Waals surface area (Å²) in [7, 11) is 3.45. The Labute approximate surface area is 122 Å². The van der Waals surface area contributed by atoms with Gasteiger partial charge in [-0.3, -0.25) is 4.90 Å². The van der Waals surface area contributed by atoms with Crippen molar-refractivity contribution in [2.75, 3.05) is 47.1 Å². The SMILES string of the molecule is CCCNCc1ccoc1CN(CCOC)CCOC. The average Bonchev–Trinajstić information content (AvgIpc) is 2.89. The Kier molecular flexibility index (Phi) is 9.32. The molecule has 0 unspecified atom stereocenters. The van der Waals surface area contributed by atoms with E-state index in [1.54, 1.807) is 20.5 Å². The molecule has 1 aromatic rings. The number of nitrogens with one attached hydrogen (secondary N) is 1. The first kappa shape index (κ1) is 17.2. The molecule has 1 aromatic heterocycles. The lowest BCUT2D eigenvalue weighted by Gasteiger charge is -2.21. The van der Waals surface area contributed by atoms with Crippen LogP contribution in [0.5, 0.6) is 0 Å². The quantitative estimate of drug-likeness (QED) is 0.594. The summed E-state index contributed by atoms with van der Waals surface area (Å²) in [4.78, 5) is 2.29. The lowest BCUT2D eigenvalue weighted by Crippen LogP contribution is -2.30. The molecule has 0 aliphatic heterocycles. The summed E-state index contributed by atoms with van der Waals surface area (Å²) in [6.07, 6.45) is 2.91. The summed E-state index contributed by atoms with van der Waals surface area (Å²) in [6.45, 7) is 8.04.